The van der Waals surface area contributed by atoms with Gasteiger partial charge in [-0.3, -0.25) is 9.69 Å². The van der Waals surface area contributed by atoms with Crippen molar-refractivity contribution in [2.24, 2.45) is 0 Å². The zero-order chi connectivity index (χ0) is 19.8. The number of nitrogens with zero attached hydrogens (tertiary/aromatic N) is 1. The quantitative estimate of drug-likeness (QED) is 0.758. The first-order valence-corrected chi connectivity index (χ1v) is 9.55. The maximum Gasteiger partial charge on any atom is 0.224 e. The highest BCUT2D eigenvalue weighted by molar-refractivity contribution is 5.78. The number of rotatable bonds is 8. The number of carbonyl (C=O) groups is 1. The van der Waals surface area contributed by atoms with Gasteiger partial charge in [0, 0.05) is 19.6 Å². The van der Waals surface area contributed by atoms with Crippen molar-refractivity contribution < 1.29 is 19.0 Å². The minimum Gasteiger partial charge on any atom is -0.497 e. The molecule has 1 atom stereocenters. The summed E-state index contributed by atoms with van der Waals surface area (Å²) in [4.78, 5) is 14.8. The van der Waals surface area contributed by atoms with Crippen LogP contribution in [0.5, 0.6) is 11.5 Å². The molecule has 1 N–H and O–H groups in total. The molecule has 0 unspecified atom stereocenters. The summed E-state index contributed by atoms with van der Waals surface area (Å²) in [5.74, 6) is 1.63. The molecule has 0 saturated carbocycles. The lowest BCUT2D eigenvalue weighted by molar-refractivity contribution is -0.120. The van der Waals surface area contributed by atoms with Gasteiger partial charge in [-0.1, -0.05) is 24.3 Å². The predicted molar refractivity (Wildman–Crippen MR) is 108 cm³/mol. The summed E-state index contributed by atoms with van der Waals surface area (Å²) in [7, 11) is 3.29. The first-order chi connectivity index (χ1) is 13.7. The molecule has 1 fully saturated rings. The van der Waals surface area contributed by atoms with Crippen molar-refractivity contribution in [2.45, 2.75) is 12.5 Å². The zero-order valence-corrected chi connectivity index (χ0v) is 16.5. The maximum absolute atomic E-state index is 12.5. The second kappa shape index (κ2) is 10.1. The normalized spacial score (nSPS) is 15.6. The molecule has 150 valence electrons. The Morgan fingerprint density at radius 1 is 1.00 bits per heavy atom. The van der Waals surface area contributed by atoms with Gasteiger partial charge in [-0.2, -0.15) is 0 Å². The summed E-state index contributed by atoms with van der Waals surface area (Å²) in [6.45, 7) is 3.69. The van der Waals surface area contributed by atoms with Crippen molar-refractivity contribution in [2.75, 3.05) is 47.1 Å². The topological polar surface area (TPSA) is 60.0 Å². The van der Waals surface area contributed by atoms with Crippen molar-refractivity contribution >= 4 is 5.91 Å². The fourth-order valence-corrected chi connectivity index (χ4v) is 3.37. The lowest BCUT2D eigenvalue weighted by atomic mass is 10.0. The molecule has 0 aliphatic carbocycles. The minimum atomic E-state index is 0.0111. The molecule has 2 aromatic carbocycles. The molecule has 1 aliphatic heterocycles. The molecule has 1 heterocycles. The molecule has 0 spiro atoms. The Morgan fingerprint density at radius 3 is 2.14 bits per heavy atom. The Bertz CT molecular complexity index is 740. The fourth-order valence-electron chi connectivity index (χ4n) is 3.37. The SMILES string of the molecule is COc1ccc(CC(=O)NC[C@H](c2ccc(OC)cc2)N2CCOCC2)cc1. The van der Waals surface area contributed by atoms with Crippen LogP contribution in [0.4, 0.5) is 0 Å². The highest BCUT2D eigenvalue weighted by Crippen LogP contribution is 2.23. The monoisotopic (exact) mass is 384 g/mol. The minimum absolute atomic E-state index is 0.0111. The number of ether oxygens (including phenoxy) is 3. The summed E-state index contributed by atoms with van der Waals surface area (Å²) >= 11 is 0. The number of benzene rings is 2. The first-order valence-electron chi connectivity index (χ1n) is 9.55. The molecule has 3 rings (SSSR count). The van der Waals surface area contributed by atoms with Gasteiger partial charge < -0.3 is 19.5 Å². The molecule has 1 amide bonds. The maximum atomic E-state index is 12.5. The van der Waals surface area contributed by atoms with E-state index in [2.05, 4.69) is 22.3 Å². The van der Waals surface area contributed by atoms with Crippen LogP contribution in [-0.4, -0.2) is 57.9 Å². The standard InChI is InChI=1S/C22H28N2O4/c1-26-19-7-3-17(4-8-19)15-22(25)23-16-21(24-11-13-28-14-12-24)18-5-9-20(27-2)10-6-18/h3-10,21H,11-16H2,1-2H3,(H,23,25)/t21-/m1/s1. The Balaban J connectivity index is 1.63. The van der Waals surface area contributed by atoms with E-state index in [1.54, 1.807) is 14.2 Å². The molecule has 28 heavy (non-hydrogen) atoms. The van der Waals surface area contributed by atoms with Crippen LogP contribution in [0.1, 0.15) is 17.2 Å². The van der Waals surface area contributed by atoms with Crippen LogP contribution in [0.25, 0.3) is 0 Å². The van der Waals surface area contributed by atoms with Crippen LogP contribution < -0.4 is 14.8 Å². The summed E-state index contributed by atoms with van der Waals surface area (Å²) < 4.78 is 15.9. The second-order valence-electron chi connectivity index (χ2n) is 6.77. The van der Waals surface area contributed by atoms with Crippen LogP contribution in [0, 0.1) is 0 Å². The molecule has 0 bridgehead atoms. The molecule has 1 saturated heterocycles. The molecular weight excluding hydrogens is 356 g/mol. The summed E-state index contributed by atoms with van der Waals surface area (Å²) in [6, 6.07) is 15.7. The van der Waals surface area contributed by atoms with E-state index in [1.165, 1.54) is 0 Å². The van der Waals surface area contributed by atoms with Crippen LogP contribution in [-0.2, 0) is 16.0 Å². The largest absolute Gasteiger partial charge is 0.497 e. The van der Waals surface area contributed by atoms with E-state index in [1.807, 2.05) is 36.4 Å². The van der Waals surface area contributed by atoms with E-state index in [4.69, 9.17) is 14.2 Å². The Kier molecular flexibility index (Phi) is 7.28. The third-order valence-electron chi connectivity index (χ3n) is 5.00. The lowest BCUT2D eigenvalue weighted by Crippen LogP contribution is -2.44. The van der Waals surface area contributed by atoms with E-state index >= 15 is 0 Å². The van der Waals surface area contributed by atoms with E-state index in [0.717, 1.165) is 35.7 Å². The average molecular weight is 384 g/mol. The smallest absolute Gasteiger partial charge is 0.224 e. The molecule has 6 heteroatoms. The fraction of sp³-hybridized carbons (Fsp3) is 0.409. The van der Waals surface area contributed by atoms with Gasteiger partial charge in [0.1, 0.15) is 11.5 Å². The van der Waals surface area contributed by atoms with E-state index in [9.17, 15) is 4.79 Å². The van der Waals surface area contributed by atoms with Crippen molar-refractivity contribution in [1.82, 2.24) is 10.2 Å². The van der Waals surface area contributed by atoms with Gasteiger partial charge in [0.2, 0.25) is 5.91 Å². The average Bonchev–Trinajstić information content (AvgIpc) is 2.75. The van der Waals surface area contributed by atoms with Crippen LogP contribution in [0.3, 0.4) is 0 Å². The Labute approximate surface area is 166 Å². The van der Waals surface area contributed by atoms with E-state index in [-0.39, 0.29) is 11.9 Å². The number of hydrogen-bond acceptors (Lipinski definition) is 5. The van der Waals surface area contributed by atoms with Crippen molar-refractivity contribution in [3.63, 3.8) is 0 Å². The van der Waals surface area contributed by atoms with Crippen LogP contribution in [0.15, 0.2) is 48.5 Å². The molecule has 0 aromatic heterocycles. The number of nitrogens with one attached hydrogen (secondary N) is 1. The highest BCUT2D eigenvalue weighted by atomic mass is 16.5. The number of amides is 1. The molecule has 2 aromatic rings. The third kappa shape index (κ3) is 5.47. The summed E-state index contributed by atoms with van der Waals surface area (Å²) in [6.07, 6.45) is 0.350. The zero-order valence-electron chi connectivity index (χ0n) is 16.5. The molecule has 0 radical (unpaired) electrons. The summed E-state index contributed by atoms with van der Waals surface area (Å²) in [5, 5.41) is 3.10. The van der Waals surface area contributed by atoms with Crippen molar-refractivity contribution in [3.05, 3.63) is 59.7 Å². The Hall–Kier alpha value is -2.57. The predicted octanol–water partition coefficient (Wildman–Crippen LogP) is 2.44. The van der Waals surface area contributed by atoms with Gasteiger partial charge in [-0.05, 0) is 35.4 Å². The van der Waals surface area contributed by atoms with Crippen molar-refractivity contribution in [1.29, 1.82) is 0 Å². The molecule has 6 nitrogen and oxygen atoms in total. The number of methoxy groups -OCH3 is 2. The molecular formula is C22H28N2O4. The van der Waals surface area contributed by atoms with Gasteiger partial charge in [0.05, 0.1) is 39.9 Å². The van der Waals surface area contributed by atoms with Crippen LogP contribution in [0.2, 0.25) is 0 Å². The third-order valence-corrected chi connectivity index (χ3v) is 5.00. The lowest BCUT2D eigenvalue weighted by Gasteiger charge is -2.35. The van der Waals surface area contributed by atoms with Gasteiger partial charge in [0.15, 0.2) is 0 Å². The molecule has 1 aliphatic rings. The number of morpholine rings is 1. The highest BCUT2D eigenvalue weighted by Gasteiger charge is 2.23. The van der Waals surface area contributed by atoms with E-state index < -0.39 is 0 Å². The van der Waals surface area contributed by atoms with Crippen LogP contribution >= 0.6 is 0 Å². The Morgan fingerprint density at radius 2 is 1.57 bits per heavy atom. The number of hydrogen-bond donors (Lipinski definition) is 1. The summed E-state index contributed by atoms with van der Waals surface area (Å²) in [5.41, 5.74) is 2.12. The number of carbonyl (C=O) groups excluding carboxylic acids is 1. The van der Waals surface area contributed by atoms with E-state index in [0.29, 0.717) is 26.2 Å². The second-order valence-corrected chi connectivity index (χ2v) is 6.77. The van der Waals surface area contributed by atoms with Gasteiger partial charge in [-0.15, -0.1) is 0 Å². The van der Waals surface area contributed by atoms with Gasteiger partial charge in [0.25, 0.3) is 0 Å². The van der Waals surface area contributed by atoms with Gasteiger partial charge >= 0.3 is 0 Å². The first kappa shape index (κ1) is 20.2. The van der Waals surface area contributed by atoms with Gasteiger partial charge in [-0.25, -0.2) is 0 Å². The van der Waals surface area contributed by atoms with Crippen molar-refractivity contribution in [3.8, 4) is 11.5 Å².